The number of nitrogens with zero attached hydrogens (tertiary/aromatic N) is 1. The van der Waals surface area contributed by atoms with Crippen LogP contribution in [0.15, 0.2) is 103 Å². The van der Waals surface area contributed by atoms with Gasteiger partial charge < -0.3 is 10.1 Å². The third-order valence-corrected chi connectivity index (χ3v) is 10.4. The van der Waals surface area contributed by atoms with E-state index in [1.165, 1.54) is 24.3 Å². The van der Waals surface area contributed by atoms with Crippen LogP contribution in [0.1, 0.15) is 49.4 Å². The Kier molecular flexibility index (Phi) is 7.30. The Hall–Kier alpha value is -4.79. The van der Waals surface area contributed by atoms with Crippen LogP contribution < -0.4 is 5.32 Å². The maximum absolute atomic E-state index is 13.9. The molecule has 2 atom stereocenters. The highest BCUT2D eigenvalue weighted by molar-refractivity contribution is 6.36. The molecule has 4 aromatic carbocycles. The van der Waals surface area contributed by atoms with Gasteiger partial charge in [0.1, 0.15) is 9.75 Å². The fourth-order valence-corrected chi connectivity index (χ4v) is 8.09. The number of benzene rings is 4. The van der Waals surface area contributed by atoms with Crippen LogP contribution in [0.25, 0.3) is 0 Å². The van der Waals surface area contributed by atoms with E-state index in [2.05, 4.69) is 5.32 Å². The van der Waals surface area contributed by atoms with E-state index in [4.69, 9.17) is 27.9 Å². The molecule has 0 spiro atoms. The third kappa shape index (κ3) is 4.47. The Bertz CT molecular complexity index is 1800. The number of alkyl halides is 2. The second-order valence-electron chi connectivity index (χ2n) is 11.5. The number of amides is 3. The number of likely N-dealkylation sites (tertiary alicyclic amines) is 1. The molecule has 2 bridgehead atoms. The lowest BCUT2D eigenvalue weighted by Gasteiger charge is -2.54. The predicted octanol–water partition coefficient (Wildman–Crippen LogP) is 5.65. The number of esters is 1. The Morgan fingerprint density at radius 2 is 1.15 bits per heavy atom. The summed E-state index contributed by atoms with van der Waals surface area (Å²) in [5.41, 5.74) is 3.89. The molecule has 230 valence electrons. The highest BCUT2D eigenvalue weighted by Gasteiger charge is 2.72. The average Bonchev–Trinajstić information content (AvgIpc) is 3.35. The summed E-state index contributed by atoms with van der Waals surface area (Å²) >= 11 is 14.9. The van der Waals surface area contributed by atoms with Crippen molar-refractivity contribution in [2.24, 2.45) is 11.8 Å². The summed E-state index contributed by atoms with van der Waals surface area (Å²) in [7, 11) is 0. The number of rotatable bonds is 8. The number of ketones is 1. The quantitative estimate of drug-likeness (QED) is 0.114. The summed E-state index contributed by atoms with van der Waals surface area (Å²) in [5.74, 6) is -4.21. The fourth-order valence-electron chi connectivity index (χ4n) is 6.99. The number of ether oxygens (including phenoxy) is 1. The van der Waals surface area contributed by atoms with Crippen LogP contribution in [-0.4, -0.2) is 47.5 Å². The van der Waals surface area contributed by atoms with Crippen LogP contribution in [-0.2, 0) is 28.9 Å². The van der Waals surface area contributed by atoms with Crippen LogP contribution >= 0.6 is 23.2 Å². The maximum Gasteiger partial charge on any atom is 0.338 e. The van der Waals surface area contributed by atoms with Gasteiger partial charge >= 0.3 is 5.97 Å². The minimum atomic E-state index is -1.28. The molecular formula is C36H26Cl2N2O6. The van der Waals surface area contributed by atoms with Crippen LogP contribution in [0.5, 0.6) is 0 Å². The SMILES string of the molecule is O=C(CCN1C(=O)[C@@H]2[C@H](C1=O)C1(Cl)c3ccccc3C2(Cl)c2ccccc21)Nc1ccc(C(=O)OCC(=O)c2ccccc2)cc1. The van der Waals surface area contributed by atoms with Crippen LogP contribution in [0.2, 0.25) is 0 Å². The van der Waals surface area contributed by atoms with E-state index in [1.807, 2.05) is 48.5 Å². The lowest BCUT2D eigenvalue weighted by Crippen LogP contribution is -2.57. The fraction of sp³-hybridized carbons (Fsp3) is 0.194. The van der Waals surface area contributed by atoms with Crippen LogP contribution in [0.4, 0.5) is 5.69 Å². The number of halogens is 2. The second kappa shape index (κ2) is 11.2. The number of carbonyl (C=O) groups excluding carboxylic acids is 5. The molecule has 3 amide bonds. The van der Waals surface area contributed by atoms with Gasteiger partial charge in [-0.05, 0) is 46.5 Å². The van der Waals surface area contributed by atoms with Crippen molar-refractivity contribution in [3.63, 3.8) is 0 Å². The zero-order chi connectivity index (χ0) is 32.2. The number of imide groups is 1. The first-order valence-electron chi connectivity index (χ1n) is 14.7. The van der Waals surface area contributed by atoms with Gasteiger partial charge in [-0.15, -0.1) is 23.2 Å². The number of hydrogen-bond donors (Lipinski definition) is 1. The van der Waals surface area contributed by atoms with Crippen LogP contribution in [0, 0.1) is 11.8 Å². The van der Waals surface area contributed by atoms with Crippen molar-refractivity contribution in [3.8, 4) is 0 Å². The molecule has 8 nitrogen and oxygen atoms in total. The number of nitrogens with one attached hydrogen (secondary N) is 1. The molecule has 0 unspecified atom stereocenters. The van der Waals surface area contributed by atoms with Gasteiger partial charge in [0.25, 0.3) is 0 Å². The Balaban J connectivity index is 1.01. The number of anilines is 1. The largest absolute Gasteiger partial charge is 0.454 e. The lowest BCUT2D eigenvalue weighted by molar-refractivity contribution is -0.140. The Morgan fingerprint density at radius 1 is 0.674 bits per heavy atom. The first-order chi connectivity index (χ1) is 22.2. The van der Waals surface area contributed by atoms with Gasteiger partial charge in [-0.1, -0.05) is 78.9 Å². The number of carbonyl (C=O) groups is 5. The lowest BCUT2D eigenvalue weighted by atomic mass is 9.54. The molecule has 4 aliphatic rings. The molecule has 3 aliphatic carbocycles. The van der Waals surface area contributed by atoms with Crippen molar-refractivity contribution in [2.75, 3.05) is 18.5 Å². The van der Waals surface area contributed by atoms with E-state index in [-0.39, 0.29) is 24.3 Å². The first kappa shape index (κ1) is 29.9. The normalized spacial score (nSPS) is 23.7. The van der Waals surface area contributed by atoms with Crippen molar-refractivity contribution in [1.29, 1.82) is 0 Å². The van der Waals surface area contributed by atoms with E-state index in [0.717, 1.165) is 4.90 Å². The second-order valence-corrected chi connectivity index (χ2v) is 12.7. The molecule has 1 N–H and O–H groups in total. The van der Waals surface area contributed by atoms with Gasteiger partial charge in [-0.2, -0.15) is 0 Å². The van der Waals surface area contributed by atoms with E-state index < -0.39 is 51.9 Å². The van der Waals surface area contributed by atoms with Crippen molar-refractivity contribution >= 4 is 58.4 Å². The molecule has 1 aliphatic heterocycles. The summed E-state index contributed by atoms with van der Waals surface area (Å²) < 4.78 is 5.13. The topological polar surface area (TPSA) is 110 Å². The minimum Gasteiger partial charge on any atom is -0.454 e. The number of hydrogen-bond acceptors (Lipinski definition) is 6. The summed E-state index contributed by atoms with van der Waals surface area (Å²) in [6, 6.07) is 29.3. The summed E-state index contributed by atoms with van der Waals surface area (Å²) in [6.45, 7) is -0.548. The van der Waals surface area contributed by atoms with Crippen molar-refractivity contribution < 1.29 is 28.7 Å². The minimum absolute atomic E-state index is 0.150. The highest BCUT2D eigenvalue weighted by Crippen LogP contribution is 2.69. The van der Waals surface area contributed by atoms with E-state index in [0.29, 0.717) is 33.5 Å². The number of Topliss-reactive ketones (excluding diaryl/α,β-unsaturated/α-hetero) is 1. The molecule has 0 saturated carbocycles. The molecule has 1 fully saturated rings. The van der Waals surface area contributed by atoms with Gasteiger partial charge in [-0.3, -0.25) is 24.1 Å². The van der Waals surface area contributed by atoms with Gasteiger partial charge in [0.2, 0.25) is 17.7 Å². The molecular weight excluding hydrogens is 627 g/mol. The summed E-state index contributed by atoms with van der Waals surface area (Å²) in [6.07, 6.45) is -0.160. The van der Waals surface area contributed by atoms with Gasteiger partial charge in [0.15, 0.2) is 12.4 Å². The predicted molar refractivity (Wildman–Crippen MR) is 171 cm³/mol. The molecule has 0 radical (unpaired) electrons. The van der Waals surface area contributed by atoms with E-state index in [9.17, 15) is 24.0 Å². The summed E-state index contributed by atoms with van der Waals surface area (Å²) in [4.78, 5) is 63.9. The van der Waals surface area contributed by atoms with Gasteiger partial charge in [0.05, 0.1) is 17.4 Å². The standard InChI is InChI=1S/C36H26Cl2N2O6/c37-35-24-10-4-5-11-25(24)36(38,27-13-7-6-12-26(27)35)31-30(35)32(43)40(33(31)44)19-18-29(42)39-23-16-14-22(15-17-23)34(45)46-20-28(41)21-8-2-1-3-9-21/h1-17,30-31H,18-20H2,(H,39,42)/t30-,31+,35?,36?. The highest BCUT2D eigenvalue weighted by atomic mass is 35.5. The van der Waals surface area contributed by atoms with Gasteiger partial charge in [-0.25, -0.2) is 4.79 Å². The zero-order valence-electron chi connectivity index (χ0n) is 24.2. The van der Waals surface area contributed by atoms with Crippen LogP contribution in [0.3, 0.4) is 0 Å². The monoisotopic (exact) mass is 652 g/mol. The van der Waals surface area contributed by atoms with E-state index >= 15 is 0 Å². The van der Waals surface area contributed by atoms with Crippen molar-refractivity contribution in [1.82, 2.24) is 4.90 Å². The Morgan fingerprint density at radius 3 is 1.65 bits per heavy atom. The van der Waals surface area contributed by atoms with E-state index in [1.54, 1.807) is 30.3 Å². The molecule has 1 heterocycles. The third-order valence-electron chi connectivity index (χ3n) is 9.07. The maximum atomic E-state index is 13.9. The smallest absolute Gasteiger partial charge is 0.338 e. The molecule has 4 aromatic rings. The molecule has 0 aromatic heterocycles. The van der Waals surface area contributed by atoms with Crippen molar-refractivity contribution in [2.45, 2.75) is 16.2 Å². The van der Waals surface area contributed by atoms with Gasteiger partial charge in [0, 0.05) is 24.2 Å². The average molecular weight is 654 g/mol. The summed E-state index contributed by atoms with van der Waals surface area (Å²) in [5, 5.41) is 2.72. The first-order valence-corrected chi connectivity index (χ1v) is 15.5. The molecule has 10 heteroatoms. The zero-order valence-corrected chi connectivity index (χ0v) is 25.8. The Labute approximate surface area is 274 Å². The molecule has 8 rings (SSSR count). The molecule has 46 heavy (non-hydrogen) atoms. The van der Waals surface area contributed by atoms with Crippen molar-refractivity contribution in [3.05, 3.63) is 137 Å². The molecule has 1 saturated heterocycles.